The van der Waals surface area contributed by atoms with Crippen LogP contribution in [-0.2, 0) is 11.2 Å². The fraction of sp³-hybridized carbons (Fsp3) is 0.536. The quantitative estimate of drug-likeness (QED) is 0.428. The molecule has 9 nitrogen and oxygen atoms in total. The average molecular weight is 583 g/mol. The summed E-state index contributed by atoms with van der Waals surface area (Å²) in [5.41, 5.74) is 2.32. The summed E-state index contributed by atoms with van der Waals surface area (Å²) in [5, 5.41) is 14.9. The van der Waals surface area contributed by atoms with Crippen molar-refractivity contribution in [2.24, 2.45) is 11.8 Å². The van der Waals surface area contributed by atoms with Gasteiger partial charge >= 0.3 is 0 Å². The lowest BCUT2D eigenvalue weighted by molar-refractivity contribution is -0.126. The zero-order chi connectivity index (χ0) is 27.1. The Morgan fingerprint density at radius 2 is 1.92 bits per heavy atom. The zero-order valence-electron chi connectivity index (χ0n) is 22.1. The van der Waals surface area contributed by atoms with Crippen molar-refractivity contribution in [3.63, 3.8) is 0 Å². The number of rotatable bonds is 9. The van der Waals surface area contributed by atoms with Crippen LogP contribution in [0.2, 0.25) is 0 Å². The number of likely N-dealkylation sites (tertiary alicyclic amines) is 1. The number of nitriles is 1. The van der Waals surface area contributed by atoms with Gasteiger partial charge in [-0.15, -0.1) is 0 Å². The summed E-state index contributed by atoms with van der Waals surface area (Å²) in [6, 6.07) is 9.76. The standard InChI is InChI=1S/C28H36BrN7O2/c1-35-15-11-22(12-16-35)36(2)27(38)19-7-9-21(10-8-19)33-28-32-18-24(29)25(34-28)17-20-5-3-6-23(20)26(37)31-14-4-13-30/h7-10,18,20,22-23H,3-6,11-12,14-17H2,1-2H3,(H,31,37)(H,32,33,34)/t20-,23-/m0/s1. The molecule has 1 aromatic heterocycles. The molecule has 38 heavy (non-hydrogen) atoms. The Balaban J connectivity index is 1.37. The van der Waals surface area contributed by atoms with Gasteiger partial charge in [0.15, 0.2) is 0 Å². The molecule has 1 aliphatic carbocycles. The van der Waals surface area contributed by atoms with E-state index >= 15 is 0 Å². The number of hydrogen-bond acceptors (Lipinski definition) is 7. The van der Waals surface area contributed by atoms with Crippen LogP contribution in [-0.4, -0.2) is 71.4 Å². The van der Waals surface area contributed by atoms with Gasteiger partial charge in [-0.25, -0.2) is 9.97 Å². The van der Waals surface area contributed by atoms with Crippen LogP contribution in [0.25, 0.3) is 0 Å². The van der Waals surface area contributed by atoms with Crippen molar-refractivity contribution >= 4 is 39.4 Å². The smallest absolute Gasteiger partial charge is 0.253 e. The third-order valence-corrected chi connectivity index (χ3v) is 8.41. The average Bonchev–Trinajstić information content (AvgIpc) is 3.39. The summed E-state index contributed by atoms with van der Waals surface area (Å²) in [4.78, 5) is 38.9. The first-order chi connectivity index (χ1) is 18.4. The Morgan fingerprint density at radius 1 is 1.18 bits per heavy atom. The highest BCUT2D eigenvalue weighted by Gasteiger charge is 2.33. The van der Waals surface area contributed by atoms with Gasteiger partial charge in [0, 0.05) is 43.0 Å². The van der Waals surface area contributed by atoms with Gasteiger partial charge in [-0.05, 0) is 98.4 Å². The molecule has 10 heteroatoms. The van der Waals surface area contributed by atoms with E-state index in [1.807, 2.05) is 36.2 Å². The van der Waals surface area contributed by atoms with Crippen molar-refractivity contribution in [3.8, 4) is 6.07 Å². The van der Waals surface area contributed by atoms with Gasteiger partial charge in [0.2, 0.25) is 11.9 Å². The highest BCUT2D eigenvalue weighted by atomic mass is 79.9. The van der Waals surface area contributed by atoms with Gasteiger partial charge in [0.1, 0.15) is 0 Å². The summed E-state index contributed by atoms with van der Waals surface area (Å²) in [5.74, 6) is 0.671. The lowest BCUT2D eigenvalue weighted by atomic mass is 9.90. The van der Waals surface area contributed by atoms with Gasteiger partial charge in [0.25, 0.3) is 5.91 Å². The van der Waals surface area contributed by atoms with E-state index in [0.29, 0.717) is 30.9 Å². The normalized spacial score (nSPS) is 20.1. The number of anilines is 2. The number of carbonyl (C=O) groups is 2. The summed E-state index contributed by atoms with van der Waals surface area (Å²) in [6.07, 6.45) is 7.55. The molecule has 2 aromatic rings. The predicted octanol–water partition coefficient (Wildman–Crippen LogP) is 4.14. The van der Waals surface area contributed by atoms with E-state index < -0.39 is 0 Å². The van der Waals surface area contributed by atoms with Crippen LogP contribution >= 0.6 is 15.9 Å². The Hall–Kier alpha value is -3.03. The van der Waals surface area contributed by atoms with Crippen LogP contribution in [0.5, 0.6) is 0 Å². The molecule has 2 fully saturated rings. The fourth-order valence-electron chi connectivity index (χ4n) is 5.43. The molecule has 1 saturated carbocycles. The molecular weight excluding hydrogens is 546 g/mol. The third kappa shape index (κ3) is 7.08. The topological polar surface area (TPSA) is 114 Å². The zero-order valence-corrected chi connectivity index (χ0v) is 23.7. The minimum atomic E-state index is -0.0651. The molecule has 4 rings (SSSR count). The van der Waals surface area contributed by atoms with E-state index in [2.05, 4.69) is 49.6 Å². The van der Waals surface area contributed by atoms with E-state index in [1.165, 1.54) is 0 Å². The molecule has 2 heterocycles. The minimum Gasteiger partial charge on any atom is -0.355 e. The second kappa shape index (κ2) is 13.2. The Labute approximate surface area is 233 Å². The number of nitrogens with zero attached hydrogens (tertiary/aromatic N) is 5. The number of aromatic nitrogens is 2. The number of amides is 2. The van der Waals surface area contributed by atoms with E-state index in [0.717, 1.165) is 61.0 Å². The van der Waals surface area contributed by atoms with Gasteiger partial charge in [-0.2, -0.15) is 5.26 Å². The Kier molecular flexibility index (Phi) is 9.69. The number of hydrogen-bond donors (Lipinski definition) is 2. The van der Waals surface area contributed by atoms with Gasteiger partial charge in [-0.1, -0.05) is 6.42 Å². The maximum Gasteiger partial charge on any atom is 0.253 e. The lowest BCUT2D eigenvalue weighted by Crippen LogP contribution is -2.44. The number of carbonyl (C=O) groups excluding carboxylic acids is 2. The monoisotopic (exact) mass is 581 g/mol. The molecule has 2 aliphatic rings. The van der Waals surface area contributed by atoms with Crippen molar-refractivity contribution in [1.82, 2.24) is 25.1 Å². The van der Waals surface area contributed by atoms with Crippen molar-refractivity contribution in [1.29, 1.82) is 5.26 Å². The first-order valence-corrected chi connectivity index (χ1v) is 14.1. The third-order valence-electron chi connectivity index (χ3n) is 7.75. The molecule has 0 bridgehead atoms. The van der Waals surface area contributed by atoms with Crippen LogP contribution in [0.4, 0.5) is 11.6 Å². The van der Waals surface area contributed by atoms with Crippen LogP contribution in [0.1, 0.15) is 54.6 Å². The molecule has 2 atom stereocenters. The molecule has 202 valence electrons. The van der Waals surface area contributed by atoms with Gasteiger partial charge in [-0.3, -0.25) is 9.59 Å². The largest absolute Gasteiger partial charge is 0.355 e. The second-order valence-corrected chi connectivity index (χ2v) is 11.2. The first kappa shape index (κ1) is 28.0. The molecule has 1 aromatic carbocycles. The van der Waals surface area contributed by atoms with Crippen LogP contribution in [0.15, 0.2) is 34.9 Å². The number of nitrogens with one attached hydrogen (secondary N) is 2. The van der Waals surface area contributed by atoms with Crippen molar-refractivity contribution in [2.75, 3.05) is 39.0 Å². The molecular formula is C28H36BrN7O2. The summed E-state index contributed by atoms with van der Waals surface area (Å²) in [6.45, 7) is 2.41. The number of benzene rings is 1. The van der Waals surface area contributed by atoms with E-state index in [1.54, 1.807) is 6.20 Å². The van der Waals surface area contributed by atoms with Crippen LogP contribution in [0.3, 0.4) is 0 Å². The molecule has 1 saturated heterocycles. The second-order valence-electron chi connectivity index (χ2n) is 10.3. The maximum absolute atomic E-state index is 13.0. The summed E-state index contributed by atoms with van der Waals surface area (Å²) >= 11 is 3.57. The van der Waals surface area contributed by atoms with Crippen LogP contribution < -0.4 is 10.6 Å². The molecule has 1 aliphatic heterocycles. The van der Waals surface area contributed by atoms with E-state index in [4.69, 9.17) is 10.2 Å². The van der Waals surface area contributed by atoms with Gasteiger partial charge in [0.05, 0.1) is 22.7 Å². The SMILES string of the molecule is CN1CCC(N(C)C(=O)c2ccc(Nc3ncc(Br)c(C[C@@H]4CCC[C@@H]4C(=O)NCCC#N)n3)cc2)CC1. The van der Waals surface area contributed by atoms with Crippen LogP contribution in [0, 0.1) is 23.2 Å². The molecule has 2 N–H and O–H groups in total. The molecule has 0 spiro atoms. The van der Waals surface area contributed by atoms with Crippen molar-refractivity contribution < 1.29 is 9.59 Å². The Bertz CT molecular complexity index is 1160. The Morgan fingerprint density at radius 3 is 2.63 bits per heavy atom. The highest BCUT2D eigenvalue weighted by molar-refractivity contribution is 9.10. The minimum absolute atomic E-state index is 0.0300. The first-order valence-electron chi connectivity index (χ1n) is 13.3. The van der Waals surface area contributed by atoms with Crippen molar-refractivity contribution in [3.05, 3.63) is 46.2 Å². The van der Waals surface area contributed by atoms with Gasteiger partial charge < -0.3 is 20.4 Å². The lowest BCUT2D eigenvalue weighted by Gasteiger charge is -2.35. The van der Waals surface area contributed by atoms with E-state index in [-0.39, 0.29) is 29.7 Å². The summed E-state index contributed by atoms with van der Waals surface area (Å²) < 4.78 is 0.816. The molecule has 0 unspecified atom stereocenters. The summed E-state index contributed by atoms with van der Waals surface area (Å²) in [7, 11) is 4.01. The maximum atomic E-state index is 13.0. The van der Waals surface area contributed by atoms with E-state index in [9.17, 15) is 9.59 Å². The predicted molar refractivity (Wildman–Crippen MR) is 150 cm³/mol. The highest BCUT2D eigenvalue weighted by Crippen LogP contribution is 2.35. The number of halogens is 1. The fourth-order valence-corrected chi connectivity index (χ4v) is 5.78. The van der Waals surface area contributed by atoms with Crippen molar-refractivity contribution in [2.45, 2.75) is 51.0 Å². The molecule has 2 amide bonds. The number of piperidine rings is 1. The molecule has 0 radical (unpaired) electrons.